The Morgan fingerprint density at radius 1 is 1.16 bits per heavy atom. The second-order valence-electron chi connectivity index (χ2n) is 7.42. The number of aromatic nitrogens is 3. The lowest BCUT2D eigenvalue weighted by Gasteiger charge is -2.32. The van der Waals surface area contributed by atoms with Gasteiger partial charge in [-0.3, -0.25) is 9.78 Å². The monoisotopic (exact) mass is 338 g/mol. The third-order valence-electron chi connectivity index (χ3n) is 5.58. The van der Waals surface area contributed by atoms with Crippen LogP contribution in [0, 0.1) is 12.8 Å². The summed E-state index contributed by atoms with van der Waals surface area (Å²) in [5.41, 5.74) is 1.84. The minimum absolute atomic E-state index is 0.0699. The molecular weight excluding hydrogens is 312 g/mol. The van der Waals surface area contributed by atoms with Crippen LogP contribution in [0.25, 0.3) is 0 Å². The summed E-state index contributed by atoms with van der Waals surface area (Å²) in [4.78, 5) is 23.2. The van der Waals surface area contributed by atoms with E-state index in [1.807, 2.05) is 23.2 Å². The predicted molar refractivity (Wildman–Crippen MR) is 96.4 cm³/mol. The van der Waals surface area contributed by atoms with Crippen molar-refractivity contribution in [2.75, 3.05) is 13.1 Å². The molecule has 0 spiro atoms. The Labute approximate surface area is 149 Å². The van der Waals surface area contributed by atoms with Crippen LogP contribution in [0.5, 0.6) is 0 Å². The van der Waals surface area contributed by atoms with Crippen molar-refractivity contribution in [1.82, 2.24) is 19.4 Å². The average molecular weight is 338 g/mol. The van der Waals surface area contributed by atoms with Crippen LogP contribution in [0.1, 0.15) is 60.0 Å². The minimum Gasteiger partial charge on any atom is -0.337 e. The number of amides is 1. The topological polar surface area (TPSA) is 51.0 Å². The first-order valence-corrected chi connectivity index (χ1v) is 9.44. The van der Waals surface area contributed by atoms with E-state index in [2.05, 4.69) is 21.5 Å². The van der Waals surface area contributed by atoms with Gasteiger partial charge in [0, 0.05) is 43.6 Å². The first-order valence-electron chi connectivity index (χ1n) is 9.44. The van der Waals surface area contributed by atoms with E-state index in [0.29, 0.717) is 17.5 Å². The second kappa shape index (κ2) is 6.98. The number of aryl methyl sites for hydroxylation is 1. The maximum Gasteiger partial charge on any atom is 0.272 e. The van der Waals surface area contributed by atoms with Gasteiger partial charge >= 0.3 is 0 Å². The Bertz CT molecular complexity index is 727. The maximum atomic E-state index is 12.5. The molecule has 0 N–H and O–H groups in total. The van der Waals surface area contributed by atoms with Crippen molar-refractivity contribution in [2.24, 2.45) is 5.92 Å². The van der Waals surface area contributed by atoms with Gasteiger partial charge in [-0.05, 0) is 57.1 Å². The van der Waals surface area contributed by atoms with Gasteiger partial charge in [-0.15, -0.1) is 0 Å². The molecule has 5 nitrogen and oxygen atoms in total. The summed E-state index contributed by atoms with van der Waals surface area (Å²) < 4.78 is 2.42. The highest BCUT2D eigenvalue weighted by Crippen LogP contribution is 2.39. The standard InChI is InChI=1S/C20H26N4O/c1-15-14-22-19(17-5-6-17)24(15)13-9-16-7-11-23(12-8-16)20(25)18-4-2-3-10-21-18/h2-4,10,14,16-17H,5-9,11-13H2,1H3. The molecule has 0 atom stereocenters. The van der Waals surface area contributed by atoms with Gasteiger partial charge < -0.3 is 9.47 Å². The van der Waals surface area contributed by atoms with Crippen LogP contribution in [0.4, 0.5) is 0 Å². The van der Waals surface area contributed by atoms with Gasteiger partial charge in [0.05, 0.1) is 0 Å². The maximum absolute atomic E-state index is 12.5. The largest absolute Gasteiger partial charge is 0.337 e. The number of rotatable bonds is 5. The van der Waals surface area contributed by atoms with Crippen LogP contribution in [0.15, 0.2) is 30.6 Å². The third kappa shape index (κ3) is 3.60. The summed E-state index contributed by atoms with van der Waals surface area (Å²) in [5.74, 6) is 2.76. The third-order valence-corrected chi connectivity index (χ3v) is 5.58. The summed E-state index contributed by atoms with van der Waals surface area (Å²) in [5, 5.41) is 0. The van der Waals surface area contributed by atoms with Crippen LogP contribution >= 0.6 is 0 Å². The van der Waals surface area contributed by atoms with Crippen molar-refractivity contribution in [1.29, 1.82) is 0 Å². The summed E-state index contributed by atoms with van der Waals surface area (Å²) in [6.07, 6.45) is 9.65. The van der Waals surface area contributed by atoms with Crippen molar-refractivity contribution in [3.8, 4) is 0 Å². The van der Waals surface area contributed by atoms with Gasteiger partial charge in [0.1, 0.15) is 11.5 Å². The molecule has 1 amide bonds. The van der Waals surface area contributed by atoms with Gasteiger partial charge in [-0.25, -0.2) is 4.98 Å². The smallest absolute Gasteiger partial charge is 0.272 e. The van der Waals surface area contributed by atoms with Crippen molar-refractivity contribution < 1.29 is 4.79 Å². The van der Waals surface area contributed by atoms with Gasteiger partial charge in [0.25, 0.3) is 5.91 Å². The number of nitrogens with zero attached hydrogens (tertiary/aromatic N) is 4. The summed E-state index contributed by atoms with van der Waals surface area (Å²) in [6, 6.07) is 5.52. The Kier molecular flexibility index (Phi) is 4.55. The molecule has 2 aromatic rings. The lowest BCUT2D eigenvalue weighted by Crippen LogP contribution is -2.39. The Morgan fingerprint density at radius 2 is 1.96 bits per heavy atom. The highest BCUT2D eigenvalue weighted by atomic mass is 16.2. The number of likely N-dealkylation sites (tertiary alicyclic amines) is 1. The molecule has 2 aliphatic rings. The number of piperidine rings is 1. The molecular formula is C20H26N4O. The lowest BCUT2D eigenvalue weighted by molar-refractivity contribution is 0.0679. The van der Waals surface area contributed by atoms with Gasteiger partial charge in [0.15, 0.2) is 0 Å². The number of imidazole rings is 1. The fraction of sp³-hybridized carbons (Fsp3) is 0.550. The van der Waals surface area contributed by atoms with E-state index in [9.17, 15) is 4.79 Å². The highest BCUT2D eigenvalue weighted by molar-refractivity contribution is 5.92. The lowest BCUT2D eigenvalue weighted by atomic mass is 9.93. The molecule has 5 heteroatoms. The SMILES string of the molecule is Cc1cnc(C2CC2)n1CCC1CCN(C(=O)c2ccccn2)CC1. The van der Waals surface area contributed by atoms with Crippen LogP contribution in [0.2, 0.25) is 0 Å². The summed E-state index contributed by atoms with van der Waals surface area (Å²) in [6.45, 7) is 4.92. The van der Waals surface area contributed by atoms with Crippen molar-refractivity contribution >= 4 is 5.91 Å². The van der Waals surface area contributed by atoms with Crippen LogP contribution < -0.4 is 0 Å². The Hall–Kier alpha value is -2.17. The number of hydrogen-bond donors (Lipinski definition) is 0. The molecule has 3 heterocycles. The second-order valence-corrected chi connectivity index (χ2v) is 7.42. The summed E-state index contributed by atoms with van der Waals surface area (Å²) in [7, 11) is 0. The molecule has 0 bridgehead atoms. The normalized spacial score (nSPS) is 18.5. The molecule has 0 unspecified atom stereocenters. The zero-order valence-corrected chi connectivity index (χ0v) is 14.9. The predicted octanol–water partition coefficient (Wildman–Crippen LogP) is 3.41. The van der Waals surface area contributed by atoms with E-state index in [-0.39, 0.29) is 5.91 Å². The van der Waals surface area contributed by atoms with Crippen molar-refractivity contribution in [3.05, 3.63) is 47.8 Å². The van der Waals surface area contributed by atoms with Gasteiger partial charge in [0.2, 0.25) is 0 Å². The van der Waals surface area contributed by atoms with Crippen molar-refractivity contribution in [2.45, 2.75) is 51.5 Å². The van der Waals surface area contributed by atoms with E-state index in [1.54, 1.807) is 12.3 Å². The minimum atomic E-state index is 0.0699. The molecule has 132 valence electrons. The molecule has 1 aliphatic carbocycles. The fourth-order valence-corrected chi connectivity index (χ4v) is 3.83. The molecule has 4 rings (SSSR count). The van der Waals surface area contributed by atoms with Crippen LogP contribution in [-0.2, 0) is 6.54 Å². The first-order chi connectivity index (χ1) is 12.2. The molecule has 25 heavy (non-hydrogen) atoms. The molecule has 2 fully saturated rings. The zero-order chi connectivity index (χ0) is 17.2. The van der Waals surface area contributed by atoms with E-state index >= 15 is 0 Å². The molecule has 0 radical (unpaired) electrons. The molecule has 0 aromatic carbocycles. The summed E-state index contributed by atoms with van der Waals surface area (Å²) >= 11 is 0. The first kappa shape index (κ1) is 16.3. The van der Waals surface area contributed by atoms with Gasteiger partial charge in [-0.1, -0.05) is 6.07 Å². The fourth-order valence-electron chi connectivity index (χ4n) is 3.83. The number of pyridine rings is 1. The number of carbonyl (C=O) groups is 1. The molecule has 2 aromatic heterocycles. The highest BCUT2D eigenvalue weighted by Gasteiger charge is 2.29. The van der Waals surface area contributed by atoms with Crippen LogP contribution in [-0.4, -0.2) is 38.4 Å². The Balaban J connectivity index is 1.29. The average Bonchev–Trinajstić information content (AvgIpc) is 3.44. The number of hydrogen-bond acceptors (Lipinski definition) is 3. The molecule has 1 saturated carbocycles. The van der Waals surface area contributed by atoms with E-state index < -0.39 is 0 Å². The zero-order valence-electron chi connectivity index (χ0n) is 14.9. The number of carbonyl (C=O) groups excluding carboxylic acids is 1. The van der Waals surface area contributed by atoms with Gasteiger partial charge in [-0.2, -0.15) is 0 Å². The van der Waals surface area contributed by atoms with E-state index in [4.69, 9.17) is 0 Å². The van der Waals surface area contributed by atoms with Crippen LogP contribution in [0.3, 0.4) is 0 Å². The van der Waals surface area contributed by atoms with E-state index in [1.165, 1.54) is 30.8 Å². The van der Waals surface area contributed by atoms with Crippen molar-refractivity contribution in [3.63, 3.8) is 0 Å². The Morgan fingerprint density at radius 3 is 2.64 bits per heavy atom. The molecule has 1 saturated heterocycles. The quantitative estimate of drug-likeness (QED) is 0.839. The van der Waals surface area contributed by atoms with E-state index in [0.717, 1.165) is 32.5 Å². The molecule has 1 aliphatic heterocycles.